The maximum Gasteiger partial charge on any atom is 0.316 e. The fraction of sp³-hybridized carbons (Fsp3) is 0.407. The van der Waals surface area contributed by atoms with Crippen molar-refractivity contribution in [3.05, 3.63) is 83.9 Å². The minimum atomic E-state index is -0.376. The van der Waals surface area contributed by atoms with Crippen LogP contribution >= 0.6 is 0 Å². The number of carbonyl (C=O) groups is 2. The van der Waals surface area contributed by atoms with Crippen LogP contribution in [0.1, 0.15) is 54.1 Å². The minimum Gasteiger partial charge on any atom is -0.489 e. The molecule has 22 nitrogen and oxygen atoms in total. The normalized spacial score (nSPS) is 17.9. The van der Waals surface area contributed by atoms with Gasteiger partial charge in [0.1, 0.15) is 35.7 Å². The van der Waals surface area contributed by atoms with Gasteiger partial charge in [0, 0.05) is 147 Å². The lowest BCUT2D eigenvalue weighted by atomic mass is 10.0. The largest absolute Gasteiger partial charge is 0.489 e. The Hall–Kier alpha value is -7.92. The molecule has 4 atom stereocenters. The van der Waals surface area contributed by atoms with Gasteiger partial charge in [-0.05, 0) is 64.1 Å². The van der Waals surface area contributed by atoms with Gasteiger partial charge in [-0.1, -0.05) is 0 Å². The summed E-state index contributed by atoms with van der Waals surface area (Å²) in [6.07, 6.45) is 5.30. The van der Waals surface area contributed by atoms with Gasteiger partial charge in [0.15, 0.2) is 0 Å². The maximum absolute atomic E-state index is 14.4. The van der Waals surface area contributed by atoms with Crippen molar-refractivity contribution in [1.82, 2.24) is 50.1 Å². The highest BCUT2D eigenvalue weighted by molar-refractivity contribution is 6.15. The van der Waals surface area contributed by atoms with Gasteiger partial charge < -0.3 is 59.5 Å². The fourth-order valence-electron chi connectivity index (χ4n) is 10.4. The van der Waals surface area contributed by atoms with E-state index in [1.165, 1.54) is 14.2 Å². The van der Waals surface area contributed by atoms with Crippen molar-refractivity contribution in [2.75, 3.05) is 94.4 Å². The van der Waals surface area contributed by atoms with Crippen LogP contribution in [0.2, 0.25) is 0 Å². The predicted molar refractivity (Wildman–Crippen MR) is 291 cm³/mol. The van der Waals surface area contributed by atoms with E-state index in [1.54, 1.807) is 53.1 Å². The number of aryl methyl sites for hydroxylation is 2. The van der Waals surface area contributed by atoms with Gasteiger partial charge in [-0.15, -0.1) is 0 Å². The third kappa shape index (κ3) is 10.8. The molecule has 2 fully saturated rings. The highest BCUT2D eigenvalue weighted by Gasteiger charge is 2.28. The highest BCUT2D eigenvalue weighted by Crippen LogP contribution is 2.36. The average molecular weight is 1040 g/mol. The number of fused-ring (bicyclic) bond motifs is 4. The Labute approximate surface area is 439 Å². The number of nitrogens with zero attached hydrogens (tertiary/aromatic N) is 10. The fourth-order valence-corrected chi connectivity index (χ4v) is 10.4. The van der Waals surface area contributed by atoms with Gasteiger partial charge in [0.2, 0.25) is 0 Å². The number of nitrogens with one attached hydrogen (secondary N) is 4. The molecule has 4 aromatic carbocycles. The number of piperazine rings is 2. The van der Waals surface area contributed by atoms with Crippen LogP contribution in [-0.2, 0) is 30.2 Å². The standard InChI is InChI=1S/C54H64N14O8/c1-30-24-67(25-31(2)57-30)42-12-10-37(48-40(42)22-55-53(61-48)72-8)51(69)59-35-18-34-28-65(5)63-47(34)45(20-35)76-17-15-74-29-44-39-19-36(21-46(75-16-14-71-7)50(39)64-66(44)6)60-52(70)38-11-13-43(68-26-32(3)58-33(4)27-68)41-23-56-54(73-9)62-49(38)41/h10-13,18-23,28,30-33,57-58H,14-17,24-27,29H2,1-9H3,(H,59,69)(H,60,70)/t30-,31-,32-,33+/m0/s1. The van der Waals surface area contributed by atoms with Crippen LogP contribution in [0.25, 0.3) is 43.6 Å². The Morgan fingerprint density at radius 2 is 1.13 bits per heavy atom. The Balaban J connectivity index is 0.858. The summed E-state index contributed by atoms with van der Waals surface area (Å²) in [6, 6.07) is 16.2. The second-order valence-electron chi connectivity index (χ2n) is 19.6. The number of aromatic nitrogens is 8. The summed E-state index contributed by atoms with van der Waals surface area (Å²) in [6.45, 7) is 12.9. The number of benzene rings is 4. The minimum absolute atomic E-state index is 0.153. The molecule has 0 radical (unpaired) electrons. The van der Waals surface area contributed by atoms with Crippen LogP contribution in [0.3, 0.4) is 0 Å². The van der Waals surface area contributed by atoms with Crippen molar-refractivity contribution < 1.29 is 38.0 Å². The van der Waals surface area contributed by atoms with Gasteiger partial charge in [0.25, 0.3) is 11.8 Å². The first kappa shape index (κ1) is 51.6. The van der Waals surface area contributed by atoms with Crippen LogP contribution < -0.4 is 50.0 Å². The number of hydrogen-bond acceptors (Lipinski definition) is 18. The summed E-state index contributed by atoms with van der Waals surface area (Å²) in [5.74, 6) is 0.195. The van der Waals surface area contributed by atoms with E-state index < -0.39 is 0 Å². The summed E-state index contributed by atoms with van der Waals surface area (Å²) in [5, 5.41) is 25.8. The van der Waals surface area contributed by atoms with Crippen LogP contribution in [0.4, 0.5) is 22.7 Å². The van der Waals surface area contributed by atoms with Crippen molar-refractivity contribution in [3.63, 3.8) is 0 Å². The summed E-state index contributed by atoms with van der Waals surface area (Å²) in [7, 11) is 8.27. The predicted octanol–water partition coefficient (Wildman–Crippen LogP) is 5.86. The number of carbonyl (C=O) groups excluding carboxylic acids is 2. The third-order valence-electron chi connectivity index (χ3n) is 13.6. The van der Waals surface area contributed by atoms with Crippen molar-refractivity contribution >= 4 is 78.2 Å². The van der Waals surface area contributed by atoms with Gasteiger partial charge in [-0.2, -0.15) is 20.2 Å². The lowest BCUT2D eigenvalue weighted by molar-refractivity contribution is 0.0861. The molecule has 0 spiro atoms. The second kappa shape index (κ2) is 22.1. The number of amides is 2. The van der Waals surface area contributed by atoms with E-state index in [0.29, 0.717) is 62.7 Å². The van der Waals surface area contributed by atoms with E-state index in [9.17, 15) is 9.59 Å². The Bertz CT molecular complexity index is 3440. The van der Waals surface area contributed by atoms with E-state index in [0.717, 1.165) is 64.8 Å². The molecular weight excluding hydrogens is 973 g/mol. The summed E-state index contributed by atoms with van der Waals surface area (Å²) in [4.78, 5) is 51.3. The summed E-state index contributed by atoms with van der Waals surface area (Å²) in [5.41, 5.74) is 6.52. The molecule has 0 aliphatic carbocycles. The quantitative estimate of drug-likeness (QED) is 0.0737. The van der Waals surface area contributed by atoms with E-state index >= 15 is 0 Å². The Morgan fingerprint density at radius 3 is 1.66 bits per heavy atom. The summed E-state index contributed by atoms with van der Waals surface area (Å²) >= 11 is 0. The highest BCUT2D eigenvalue weighted by atomic mass is 16.5. The zero-order chi connectivity index (χ0) is 53.2. The first-order valence-electron chi connectivity index (χ1n) is 25.4. The number of methoxy groups -OCH3 is 3. The van der Waals surface area contributed by atoms with Gasteiger partial charge in [0.05, 0.1) is 61.9 Å². The molecule has 0 bridgehead atoms. The average Bonchev–Trinajstić information content (AvgIpc) is 3.95. The summed E-state index contributed by atoms with van der Waals surface area (Å²) < 4.78 is 38.4. The monoisotopic (exact) mass is 1040 g/mol. The molecular formula is C54H64N14O8. The molecule has 2 amide bonds. The molecule has 76 heavy (non-hydrogen) atoms. The molecule has 6 heterocycles. The van der Waals surface area contributed by atoms with Gasteiger partial charge in [-0.3, -0.25) is 19.0 Å². The molecule has 2 aliphatic heterocycles. The Kier molecular flexibility index (Phi) is 15.0. The number of ether oxygens (including phenoxy) is 6. The van der Waals surface area contributed by atoms with Crippen LogP contribution in [0, 0.1) is 0 Å². The van der Waals surface area contributed by atoms with E-state index in [-0.39, 0.29) is 74.4 Å². The third-order valence-corrected chi connectivity index (χ3v) is 13.6. The molecule has 10 rings (SSSR count). The van der Waals surface area contributed by atoms with E-state index in [2.05, 4.69) is 83.8 Å². The number of rotatable bonds is 18. The molecule has 22 heteroatoms. The molecule has 4 aromatic heterocycles. The first-order chi connectivity index (χ1) is 36.8. The van der Waals surface area contributed by atoms with Gasteiger partial charge >= 0.3 is 12.0 Å². The number of hydrogen-bond donors (Lipinski definition) is 4. The van der Waals surface area contributed by atoms with E-state index in [4.69, 9.17) is 33.5 Å². The lowest BCUT2D eigenvalue weighted by Crippen LogP contribution is -2.54. The topological polar surface area (TPSA) is 231 Å². The van der Waals surface area contributed by atoms with E-state index in [1.807, 2.05) is 44.6 Å². The zero-order valence-electron chi connectivity index (χ0n) is 44.3. The molecule has 2 aliphatic rings. The molecule has 2 saturated heterocycles. The Morgan fingerprint density at radius 1 is 0.618 bits per heavy atom. The van der Waals surface area contributed by atoms with Crippen molar-refractivity contribution in [3.8, 4) is 23.5 Å². The molecule has 398 valence electrons. The molecule has 8 aromatic rings. The second-order valence-corrected chi connectivity index (χ2v) is 19.6. The molecule has 0 unspecified atom stereocenters. The zero-order valence-corrected chi connectivity index (χ0v) is 44.3. The van der Waals surface area contributed by atoms with Crippen LogP contribution in [-0.4, -0.2) is 149 Å². The molecule has 0 saturated carbocycles. The van der Waals surface area contributed by atoms with Crippen molar-refractivity contribution in [2.45, 2.75) is 58.5 Å². The number of anilines is 4. The van der Waals surface area contributed by atoms with Crippen LogP contribution in [0.5, 0.6) is 23.5 Å². The first-order valence-corrected chi connectivity index (χ1v) is 25.4. The smallest absolute Gasteiger partial charge is 0.316 e. The lowest BCUT2D eigenvalue weighted by Gasteiger charge is -2.38. The molecule has 4 N–H and O–H groups in total. The van der Waals surface area contributed by atoms with Crippen LogP contribution in [0.15, 0.2) is 67.1 Å². The van der Waals surface area contributed by atoms with Crippen molar-refractivity contribution in [2.24, 2.45) is 14.1 Å². The van der Waals surface area contributed by atoms with Gasteiger partial charge in [-0.25, -0.2) is 9.97 Å². The maximum atomic E-state index is 14.4. The van der Waals surface area contributed by atoms with Crippen molar-refractivity contribution in [1.29, 1.82) is 0 Å². The SMILES string of the molecule is COCCOc1cc(NC(=O)c2ccc(N3C[C@@H](C)N[C@@H](C)C3)c3cnc(OC)nc23)cc2c(COCCOc3cc(NC(=O)c4ccc(N5C[C@H](C)N[C@@H](C)C5)c5cnc(OC)nc45)cc4cn(C)nc34)n(C)nc12.